The second-order valence-corrected chi connectivity index (χ2v) is 4.20. The van der Waals surface area contributed by atoms with Gasteiger partial charge in [0.15, 0.2) is 0 Å². The molecule has 0 aromatic carbocycles. The van der Waals surface area contributed by atoms with E-state index in [1.54, 1.807) is 0 Å². The van der Waals surface area contributed by atoms with E-state index >= 15 is 0 Å². The minimum atomic E-state index is -0.781. The van der Waals surface area contributed by atoms with E-state index in [0.29, 0.717) is 0 Å². The Bertz CT molecular complexity index is 315. The van der Waals surface area contributed by atoms with Crippen LogP contribution in [0.1, 0.15) is 26.7 Å². The van der Waals surface area contributed by atoms with Gasteiger partial charge in [-0.05, 0) is 19.4 Å². The molecule has 1 aliphatic rings. The smallest absolute Gasteiger partial charge is 0.307 e. The van der Waals surface area contributed by atoms with Crippen molar-refractivity contribution in [2.45, 2.75) is 26.7 Å². The molecule has 4 heteroatoms. The van der Waals surface area contributed by atoms with Crippen LogP contribution in [-0.4, -0.2) is 42.3 Å². The van der Waals surface area contributed by atoms with E-state index in [1.807, 2.05) is 13.0 Å². The first kappa shape index (κ1) is 13.8. The van der Waals surface area contributed by atoms with Crippen LogP contribution in [-0.2, 0) is 9.53 Å². The van der Waals surface area contributed by atoms with Crippen LogP contribution in [0.4, 0.5) is 0 Å². The molecule has 1 saturated heterocycles. The Balaban J connectivity index is 2.71. The number of carbonyl (C=O) groups is 1. The summed E-state index contributed by atoms with van der Waals surface area (Å²) in [6.45, 7) is 7.18. The molecule has 0 unspecified atom stereocenters. The van der Waals surface area contributed by atoms with Gasteiger partial charge in [0.2, 0.25) is 0 Å². The molecule has 4 nitrogen and oxygen atoms in total. The Labute approximate surface area is 103 Å². The monoisotopic (exact) mass is 239 g/mol. The van der Waals surface area contributed by atoms with Gasteiger partial charge in [-0.15, -0.1) is 0 Å². The second kappa shape index (κ2) is 7.12. The zero-order valence-electron chi connectivity index (χ0n) is 10.6. The third-order valence-corrected chi connectivity index (χ3v) is 2.61. The number of ether oxygens (including phenoxy) is 1. The minimum absolute atomic E-state index is 0.103. The molecular formula is C13H21NO3. The van der Waals surface area contributed by atoms with Crippen molar-refractivity contribution in [3.63, 3.8) is 0 Å². The van der Waals surface area contributed by atoms with E-state index in [2.05, 4.69) is 17.9 Å². The highest BCUT2D eigenvalue weighted by Gasteiger charge is 2.12. The third kappa shape index (κ3) is 5.04. The van der Waals surface area contributed by atoms with Crippen molar-refractivity contribution in [3.8, 4) is 0 Å². The van der Waals surface area contributed by atoms with Gasteiger partial charge < -0.3 is 14.7 Å². The summed E-state index contributed by atoms with van der Waals surface area (Å²) in [6, 6.07) is 0. The maximum absolute atomic E-state index is 10.6. The summed E-state index contributed by atoms with van der Waals surface area (Å²) < 4.78 is 5.31. The summed E-state index contributed by atoms with van der Waals surface area (Å²) >= 11 is 0. The third-order valence-electron chi connectivity index (χ3n) is 2.61. The first-order valence-electron chi connectivity index (χ1n) is 6.05. The molecule has 0 radical (unpaired) electrons. The molecule has 1 heterocycles. The molecule has 0 saturated carbocycles. The summed E-state index contributed by atoms with van der Waals surface area (Å²) in [5.41, 5.74) is 2.00. The molecule has 1 fully saturated rings. The lowest BCUT2D eigenvalue weighted by molar-refractivity contribution is -0.136. The highest BCUT2D eigenvalue weighted by Crippen LogP contribution is 2.14. The number of rotatable bonds is 5. The van der Waals surface area contributed by atoms with E-state index in [-0.39, 0.29) is 6.42 Å². The molecule has 1 N–H and O–H groups in total. The van der Waals surface area contributed by atoms with Gasteiger partial charge in [0, 0.05) is 18.8 Å². The number of hydrogen-bond acceptors (Lipinski definition) is 3. The molecule has 0 aliphatic carbocycles. The van der Waals surface area contributed by atoms with Crippen molar-refractivity contribution in [1.29, 1.82) is 0 Å². The van der Waals surface area contributed by atoms with Gasteiger partial charge >= 0.3 is 5.97 Å². The fourth-order valence-corrected chi connectivity index (χ4v) is 1.85. The highest BCUT2D eigenvalue weighted by molar-refractivity contribution is 5.70. The SMILES string of the molecule is CCC=C(C=C(C)CC(=O)O)N1CCOCC1. The van der Waals surface area contributed by atoms with Crippen molar-refractivity contribution in [2.24, 2.45) is 0 Å². The topological polar surface area (TPSA) is 49.8 Å². The van der Waals surface area contributed by atoms with Crippen LogP contribution in [0, 0.1) is 0 Å². The summed E-state index contributed by atoms with van der Waals surface area (Å²) in [5, 5.41) is 8.74. The van der Waals surface area contributed by atoms with Crippen molar-refractivity contribution < 1.29 is 14.6 Å². The van der Waals surface area contributed by atoms with Crippen LogP contribution in [0.2, 0.25) is 0 Å². The van der Waals surface area contributed by atoms with Crippen LogP contribution in [0.3, 0.4) is 0 Å². The highest BCUT2D eigenvalue weighted by atomic mass is 16.5. The fraction of sp³-hybridized carbons (Fsp3) is 0.615. The molecule has 96 valence electrons. The zero-order valence-corrected chi connectivity index (χ0v) is 10.6. The quantitative estimate of drug-likeness (QED) is 0.746. The van der Waals surface area contributed by atoms with Crippen LogP contribution in [0.15, 0.2) is 23.4 Å². The van der Waals surface area contributed by atoms with E-state index in [4.69, 9.17) is 9.84 Å². The standard InChI is InChI=1S/C13H21NO3/c1-3-4-12(9-11(2)10-13(15)16)14-5-7-17-8-6-14/h4,9H,3,5-8,10H2,1-2H3,(H,15,16). The molecular weight excluding hydrogens is 218 g/mol. The number of hydrogen-bond donors (Lipinski definition) is 1. The number of morpholine rings is 1. The van der Waals surface area contributed by atoms with E-state index in [0.717, 1.165) is 44.0 Å². The maximum Gasteiger partial charge on any atom is 0.307 e. The van der Waals surface area contributed by atoms with E-state index in [9.17, 15) is 4.79 Å². The number of carboxylic acid groups (broad SMARTS) is 1. The van der Waals surface area contributed by atoms with E-state index < -0.39 is 5.97 Å². The largest absolute Gasteiger partial charge is 0.481 e. The van der Waals surface area contributed by atoms with Crippen molar-refractivity contribution in [1.82, 2.24) is 4.90 Å². The molecule has 0 bridgehead atoms. The summed E-state index contributed by atoms with van der Waals surface area (Å²) in [4.78, 5) is 12.9. The lowest BCUT2D eigenvalue weighted by Crippen LogP contribution is -2.35. The lowest BCUT2D eigenvalue weighted by Gasteiger charge is -2.30. The normalized spacial score (nSPS) is 18.4. The van der Waals surface area contributed by atoms with Crippen LogP contribution >= 0.6 is 0 Å². The first-order valence-corrected chi connectivity index (χ1v) is 6.05. The van der Waals surface area contributed by atoms with Gasteiger partial charge in [-0.1, -0.05) is 18.6 Å². The molecule has 0 aromatic heterocycles. The van der Waals surface area contributed by atoms with Gasteiger partial charge in [-0.2, -0.15) is 0 Å². The average molecular weight is 239 g/mol. The first-order chi connectivity index (χ1) is 8.13. The predicted octanol–water partition coefficient (Wildman–Crippen LogP) is 2.03. The molecule has 0 atom stereocenters. The molecule has 0 spiro atoms. The minimum Gasteiger partial charge on any atom is -0.481 e. The van der Waals surface area contributed by atoms with Crippen LogP contribution in [0.5, 0.6) is 0 Å². The molecule has 0 amide bonds. The zero-order chi connectivity index (χ0) is 12.7. The number of carboxylic acids is 1. The van der Waals surface area contributed by atoms with Gasteiger partial charge in [0.25, 0.3) is 0 Å². The van der Waals surface area contributed by atoms with Gasteiger partial charge in [-0.3, -0.25) is 4.79 Å². The number of allylic oxidation sites excluding steroid dienone is 2. The van der Waals surface area contributed by atoms with Crippen molar-refractivity contribution in [2.75, 3.05) is 26.3 Å². The Morgan fingerprint density at radius 3 is 2.59 bits per heavy atom. The number of nitrogens with zero attached hydrogens (tertiary/aromatic N) is 1. The van der Waals surface area contributed by atoms with Gasteiger partial charge in [-0.25, -0.2) is 0 Å². The van der Waals surface area contributed by atoms with Gasteiger partial charge in [0.1, 0.15) is 0 Å². The predicted molar refractivity (Wildman–Crippen MR) is 66.8 cm³/mol. The lowest BCUT2D eigenvalue weighted by atomic mass is 10.1. The summed E-state index contributed by atoms with van der Waals surface area (Å²) in [7, 11) is 0. The molecule has 1 rings (SSSR count). The Hall–Kier alpha value is -1.29. The van der Waals surface area contributed by atoms with Crippen molar-refractivity contribution >= 4 is 5.97 Å². The Kier molecular flexibility index (Phi) is 5.77. The van der Waals surface area contributed by atoms with Gasteiger partial charge in [0.05, 0.1) is 19.6 Å². The van der Waals surface area contributed by atoms with Crippen molar-refractivity contribution in [3.05, 3.63) is 23.4 Å². The maximum atomic E-state index is 10.6. The summed E-state index contributed by atoms with van der Waals surface area (Å²) in [6.07, 6.45) is 5.16. The second-order valence-electron chi connectivity index (χ2n) is 4.20. The average Bonchev–Trinajstić information content (AvgIpc) is 2.28. The van der Waals surface area contributed by atoms with Crippen LogP contribution < -0.4 is 0 Å². The summed E-state index contributed by atoms with van der Waals surface area (Å²) in [5.74, 6) is -0.781. The number of aliphatic carboxylic acids is 1. The molecule has 17 heavy (non-hydrogen) atoms. The Morgan fingerprint density at radius 1 is 1.41 bits per heavy atom. The molecule has 0 aromatic rings. The van der Waals surface area contributed by atoms with E-state index in [1.165, 1.54) is 0 Å². The van der Waals surface area contributed by atoms with Crippen LogP contribution in [0.25, 0.3) is 0 Å². The Morgan fingerprint density at radius 2 is 2.06 bits per heavy atom. The fourth-order valence-electron chi connectivity index (χ4n) is 1.85. The molecule has 1 aliphatic heterocycles.